The topological polar surface area (TPSA) is 51.6 Å². The summed E-state index contributed by atoms with van der Waals surface area (Å²) in [5, 5.41) is 2.44. The van der Waals surface area contributed by atoms with Crippen LogP contribution < -0.4 is 0 Å². The minimum absolute atomic E-state index is 0.598. The first-order valence-corrected chi connectivity index (χ1v) is 13.3. The van der Waals surface area contributed by atoms with Crippen LogP contribution in [0.2, 0.25) is 0 Å². The van der Waals surface area contributed by atoms with Crippen LogP contribution >= 0.6 is 0 Å². The summed E-state index contributed by atoms with van der Waals surface area (Å²) in [7, 11) is 0. The molecule has 0 saturated heterocycles. The summed E-state index contributed by atoms with van der Waals surface area (Å²) >= 11 is 0. The highest BCUT2D eigenvalue weighted by Gasteiger charge is 2.23. The van der Waals surface area contributed by atoms with Crippen LogP contribution in [0, 0.1) is 0 Å². The molecule has 4 heteroatoms. The van der Waals surface area contributed by atoms with E-state index >= 15 is 0 Å². The number of benzene rings is 5. The molecule has 4 nitrogen and oxygen atoms in total. The molecular formula is C36H22N4. The number of pyridine rings is 1. The molecule has 0 aliphatic heterocycles. The second kappa shape index (κ2) is 9.07. The van der Waals surface area contributed by atoms with Crippen molar-refractivity contribution in [3.63, 3.8) is 0 Å². The van der Waals surface area contributed by atoms with Crippen molar-refractivity contribution in [2.75, 3.05) is 0 Å². The van der Waals surface area contributed by atoms with Crippen molar-refractivity contribution in [3.05, 3.63) is 134 Å². The van der Waals surface area contributed by atoms with Crippen LogP contribution in [0.4, 0.5) is 0 Å². The van der Waals surface area contributed by atoms with E-state index in [0.29, 0.717) is 17.5 Å². The molecule has 40 heavy (non-hydrogen) atoms. The van der Waals surface area contributed by atoms with E-state index in [0.717, 1.165) is 39.1 Å². The van der Waals surface area contributed by atoms with E-state index in [-0.39, 0.29) is 0 Å². The highest BCUT2D eigenvalue weighted by molar-refractivity contribution is 6.12. The lowest BCUT2D eigenvalue weighted by Crippen LogP contribution is -2.01. The zero-order valence-electron chi connectivity index (χ0n) is 21.5. The van der Waals surface area contributed by atoms with E-state index in [1.807, 2.05) is 66.9 Å². The average molecular weight is 511 g/mol. The molecule has 0 fully saturated rings. The Kier molecular flexibility index (Phi) is 5.10. The Bertz CT molecular complexity index is 1990. The number of rotatable bonds is 3. The minimum atomic E-state index is 0.598. The predicted octanol–water partition coefficient (Wildman–Crippen LogP) is 8.74. The fourth-order valence-corrected chi connectivity index (χ4v) is 5.66. The van der Waals surface area contributed by atoms with E-state index in [4.69, 9.17) is 19.9 Å². The van der Waals surface area contributed by atoms with Gasteiger partial charge in [0.2, 0.25) is 0 Å². The summed E-state index contributed by atoms with van der Waals surface area (Å²) < 4.78 is 0. The van der Waals surface area contributed by atoms with Gasteiger partial charge in [0.1, 0.15) is 0 Å². The molecule has 8 rings (SSSR count). The SMILES string of the molecule is c1ccc(-c2nc(-c3ccccc3)nc(-c3cnc4c(c3)-c3ccccc3-c3cccc5cccc-4c35)n2)cc1. The van der Waals surface area contributed by atoms with Gasteiger partial charge in [-0.15, -0.1) is 0 Å². The van der Waals surface area contributed by atoms with Crippen LogP contribution in [0.25, 0.3) is 78.4 Å². The van der Waals surface area contributed by atoms with Crippen molar-refractivity contribution < 1.29 is 0 Å². The normalized spacial score (nSPS) is 11.5. The largest absolute Gasteiger partial charge is 0.255 e. The van der Waals surface area contributed by atoms with Gasteiger partial charge in [-0.05, 0) is 33.5 Å². The molecule has 0 spiro atoms. The van der Waals surface area contributed by atoms with Gasteiger partial charge in [-0.3, -0.25) is 4.98 Å². The van der Waals surface area contributed by atoms with Crippen LogP contribution in [0.1, 0.15) is 0 Å². The summed E-state index contributed by atoms with van der Waals surface area (Å²) in [6.07, 6.45) is 1.90. The van der Waals surface area contributed by atoms with E-state index < -0.39 is 0 Å². The van der Waals surface area contributed by atoms with Crippen molar-refractivity contribution in [1.29, 1.82) is 0 Å². The van der Waals surface area contributed by atoms with E-state index in [1.54, 1.807) is 0 Å². The Morgan fingerprint density at radius 1 is 0.375 bits per heavy atom. The molecule has 2 aromatic heterocycles. The summed E-state index contributed by atoms with van der Waals surface area (Å²) in [5.41, 5.74) is 9.48. The molecule has 0 saturated carbocycles. The molecule has 0 N–H and O–H groups in total. The van der Waals surface area contributed by atoms with E-state index in [1.165, 1.54) is 21.9 Å². The zero-order chi connectivity index (χ0) is 26.5. The standard InChI is InChI=1S/C36H22N4/c1-3-11-24(12-4-1)34-38-35(25-13-5-2-6-14-25)40-36(39-34)26-21-31-28-18-8-7-17-27(28)29-19-9-15-23-16-10-20-30(32(23)29)33(31)37-22-26/h1-22H. The zero-order valence-corrected chi connectivity index (χ0v) is 21.5. The maximum absolute atomic E-state index is 5.08. The van der Waals surface area contributed by atoms with Gasteiger partial charge in [-0.1, -0.05) is 121 Å². The van der Waals surface area contributed by atoms with Crippen LogP contribution in [-0.2, 0) is 0 Å². The molecule has 0 bridgehead atoms. The van der Waals surface area contributed by atoms with Gasteiger partial charge in [0.15, 0.2) is 17.5 Å². The number of hydrogen-bond donors (Lipinski definition) is 0. The number of fused-ring (bicyclic) bond motifs is 5. The van der Waals surface area contributed by atoms with Gasteiger partial charge in [0.25, 0.3) is 0 Å². The van der Waals surface area contributed by atoms with Crippen LogP contribution in [-0.4, -0.2) is 19.9 Å². The monoisotopic (exact) mass is 510 g/mol. The number of nitrogens with zero attached hydrogens (tertiary/aromatic N) is 4. The summed E-state index contributed by atoms with van der Waals surface area (Å²) in [5.74, 6) is 1.87. The minimum Gasteiger partial charge on any atom is -0.255 e. The third kappa shape index (κ3) is 3.62. The summed E-state index contributed by atoms with van der Waals surface area (Å²) in [6, 6.07) is 43.8. The Morgan fingerprint density at radius 3 is 1.50 bits per heavy atom. The average Bonchev–Trinajstić information content (AvgIpc) is 3.16. The van der Waals surface area contributed by atoms with Crippen LogP contribution in [0.15, 0.2) is 134 Å². The van der Waals surface area contributed by atoms with Gasteiger partial charge in [0, 0.05) is 34.0 Å². The van der Waals surface area contributed by atoms with Gasteiger partial charge < -0.3 is 0 Å². The molecule has 1 aliphatic carbocycles. The fraction of sp³-hybridized carbons (Fsp3) is 0. The predicted molar refractivity (Wildman–Crippen MR) is 161 cm³/mol. The Morgan fingerprint density at radius 2 is 0.875 bits per heavy atom. The molecule has 1 aliphatic rings. The summed E-state index contributed by atoms with van der Waals surface area (Å²) in [4.78, 5) is 19.8. The second-order valence-electron chi connectivity index (χ2n) is 9.91. The van der Waals surface area contributed by atoms with E-state index in [2.05, 4.69) is 66.7 Å². The maximum atomic E-state index is 5.08. The van der Waals surface area contributed by atoms with Gasteiger partial charge in [0.05, 0.1) is 5.69 Å². The second-order valence-corrected chi connectivity index (χ2v) is 9.91. The quantitative estimate of drug-likeness (QED) is 0.238. The highest BCUT2D eigenvalue weighted by atomic mass is 15.0. The number of aromatic nitrogens is 4. The third-order valence-electron chi connectivity index (χ3n) is 7.51. The van der Waals surface area contributed by atoms with Gasteiger partial charge >= 0.3 is 0 Å². The lowest BCUT2D eigenvalue weighted by atomic mass is 9.94. The first kappa shape index (κ1) is 22.5. The molecule has 0 atom stereocenters. The fourth-order valence-electron chi connectivity index (χ4n) is 5.66. The molecule has 5 aromatic carbocycles. The van der Waals surface area contributed by atoms with Crippen LogP contribution in [0.5, 0.6) is 0 Å². The lowest BCUT2D eigenvalue weighted by molar-refractivity contribution is 1.07. The third-order valence-corrected chi connectivity index (χ3v) is 7.51. The molecule has 0 unspecified atom stereocenters. The molecule has 2 heterocycles. The lowest BCUT2D eigenvalue weighted by Gasteiger charge is -2.13. The molecule has 0 amide bonds. The van der Waals surface area contributed by atoms with Crippen molar-refractivity contribution in [1.82, 2.24) is 19.9 Å². The first-order chi connectivity index (χ1) is 19.8. The van der Waals surface area contributed by atoms with Crippen molar-refractivity contribution in [2.24, 2.45) is 0 Å². The van der Waals surface area contributed by atoms with Crippen molar-refractivity contribution >= 4 is 10.8 Å². The Labute approximate surface area is 231 Å². The van der Waals surface area contributed by atoms with Crippen molar-refractivity contribution in [2.45, 2.75) is 0 Å². The Hall–Kier alpha value is -5.48. The summed E-state index contributed by atoms with van der Waals surface area (Å²) in [6.45, 7) is 0. The molecule has 0 radical (unpaired) electrons. The first-order valence-electron chi connectivity index (χ1n) is 13.3. The molecular weight excluding hydrogens is 488 g/mol. The maximum Gasteiger partial charge on any atom is 0.165 e. The highest BCUT2D eigenvalue weighted by Crippen LogP contribution is 2.47. The molecule has 7 aromatic rings. The van der Waals surface area contributed by atoms with Gasteiger partial charge in [-0.25, -0.2) is 15.0 Å². The van der Waals surface area contributed by atoms with Crippen molar-refractivity contribution in [3.8, 4) is 67.7 Å². The van der Waals surface area contributed by atoms with Crippen LogP contribution in [0.3, 0.4) is 0 Å². The van der Waals surface area contributed by atoms with E-state index in [9.17, 15) is 0 Å². The molecule has 186 valence electrons. The van der Waals surface area contributed by atoms with Gasteiger partial charge in [-0.2, -0.15) is 0 Å². The number of hydrogen-bond acceptors (Lipinski definition) is 4. The Balaban J connectivity index is 1.39. The smallest absolute Gasteiger partial charge is 0.165 e.